The molecule has 2 aromatic carbocycles. The summed E-state index contributed by atoms with van der Waals surface area (Å²) in [6, 6.07) is 11.6. The maximum atomic E-state index is 12.8. The molecule has 144 valence electrons. The molecule has 1 unspecified atom stereocenters. The van der Waals surface area contributed by atoms with Crippen molar-refractivity contribution in [2.75, 3.05) is 16.4 Å². The van der Waals surface area contributed by atoms with Gasteiger partial charge in [-0.2, -0.15) is 8.78 Å². The lowest BCUT2D eigenvalue weighted by molar-refractivity contribution is -0.115. The molecule has 0 aliphatic carbocycles. The van der Waals surface area contributed by atoms with Crippen LogP contribution in [0.5, 0.6) is 0 Å². The van der Waals surface area contributed by atoms with Crippen molar-refractivity contribution in [3.63, 3.8) is 0 Å². The first-order chi connectivity index (χ1) is 12.8. The zero-order valence-corrected chi connectivity index (χ0v) is 15.9. The second-order valence-corrected chi connectivity index (χ2v) is 7.73. The Hall–Kier alpha value is -2.13. The standard InChI is InChI=1S/C18H17F3N2O2S2/c1-11(26-10-16(24)22-13-8-6-12(19)7-9-13)17(25)23-14-4-2-3-5-15(14)27-18(20)21/h2-9,11,18H,10H2,1H3,(H,22,24)(H,23,25). The van der Waals surface area contributed by atoms with Gasteiger partial charge in [0.25, 0.3) is 5.76 Å². The predicted octanol–water partition coefficient (Wildman–Crippen LogP) is 4.84. The van der Waals surface area contributed by atoms with E-state index in [4.69, 9.17) is 0 Å². The first kappa shape index (κ1) is 21.2. The zero-order chi connectivity index (χ0) is 19.8. The van der Waals surface area contributed by atoms with Gasteiger partial charge in [0.2, 0.25) is 11.8 Å². The van der Waals surface area contributed by atoms with E-state index in [9.17, 15) is 22.8 Å². The topological polar surface area (TPSA) is 58.2 Å². The summed E-state index contributed by atoms with van der Waals surface area (Å²) >= 11 is 1.45. The van der Waals surface area contributed by atoms with E-state index in [1.165, 1.54) is 30.3 Å². The molecule has 0 fully saturated rings. The van der Waals surface area contributed by atoms with Crippen LogP contribution in [0.1, 0.15) is 6.92 Å². The number of thioether (sulfide) groups is 2. The van der Waals surface area contributed by atoms with Crippen LogP contribution in [0.3, 0.4) is 0 Å². The van der Waals surface area contributed by atoms with Crippen molar-refractivity contribution in [2.24, 2.45) is 0 Å². The summed E-state index contributed by atoms with van der Waals surface area (Å²) in [5, 5.41) is 4.63. The van der Waals surface area contributed by atoms with Crippen molar-refractivity contribution in [1.29, 1.82) is 0 Å². The Kier molecular flexibility index (Phi) is 8.05. The van der Waals surface area contributed by atoms with Crippen molar-refractivity contribution in [3.8, 4) is 0 Å². The van der Waals surface area contributed by atoms with Crippen molar-refractivity contribution in [1.82, 2.24) is 0 Å². The second-order valence-electron chi connectivity index (χ2n) is 5.37. The third kappa shape index (κ3) is 7.18. The van der Waals surface area contributed by atoms with Gasteiger partial charge in [0.15, 0.2) is 0 Å². The van der Waals surface area contributed by atoms with Crippen LogP contribution < -0.4 is 10.6 Å². The molecule has 0 bridgehead atoms. The maximum absolute atomic E-state index is 12.8. The lowest BCUT2D eigenvalue weighted by atomic mass is 10.3. The summed E-state index contributed by atoms with van der Waals surface area (Å²) in [5.41, 5.74) is 0.757. The number of benzene rings is 2. The van der Waals surface area contributed by atoms with E-state index in [-0.39, 0.29) is 16.6 Å². The number of para-hydroxylation sites is 1. The maximum Gasteiger partial charge on any atom is 0.288 e. The molecule has 0 aliphatic heterocycles. The monoisotopic (exact) mass is 414 g/mol. The fourth-order valence-corrected chi connectivity index (χ4v) is 3.29. The second kappa shape index (κ2) is 10.3. The zero-order valence-electron chi connectivity index (χ0n) is 14.2. The highest BCUT2D eigenvalue weighted by Gasteiger charge is 2.18. The van der Waals surface area contributed by atoms with Gasteiger partial charge in [0.1, 0.15) is 5.82 Å². The fourth-order valence-electron chi connectivity index (χ4n) is 2.01. The van der Waals surface area contributed by atoms with Crippen LogP contribution >= 0.6 is 23.5 Å². The summed E-state index contributed by atoms with van der Waals surface area (Å²) in [7, 11) is 0. The quantitative estimate of drug-likeness (QED) is 0.607. The lowest BCUT2D eigenvalue weighted by Crippen LogP contribution is -2.25. The average Bonchev–Trinajstić information content (AvgIpc) is 2.62. The molecule has 27 heavy (non-hydrogen) atoms. The number of alkyl halides is 2. The molecular weight excluding hydrogens is 397 g/mol. The molecule has 2 N–H and O–H groups in total. The summed E-state index contributed by atoms with van der Waals surface area (Å²) < 4.78 is 38.0. The highest BCUT2D eigenvalue weighted by Crippen LogP contribution is 2.32. The van der Waals surface area contributed by atoms with E-state index in [0.29, 0.717) is 23.1 Å². The predicted molar refractivity (Wildman–Crippen MR) is 104 cm³/mol. The molecule has 2 rings (SSSR count). The normalized spacial score (nSPS) is 11.9. The third-order valence-electron chi connectivity index (χ3n) is 3.32. The Labute approximate surface area is 163 Å². The largest absolute Gasteiger partial charge is 0.325 e. The Morgan fingerprint density at radius 2 is 1.70 bits per heavy atom. The summed E-state index contributed by atoms with van der Waals surface area (Å²) in [6.45, 7) is 1.62. The van der Waals surface area contributed by atoms with Gasteiger partial charge in [-0.1, -0.05) is 23.9 Å². The van der Waals surface area contributed by atoms with Gasteiger partial charge >= 0.3 is 0 Å². The number of amides is 2. The smallest absolute Gasteiger partial charge is 0.288 e. The molecule has 0 aliphatic rings. The molecule has 9 heteroatoms. The molecule has 0 spiro atoms. The highest BCUT2D eigenvalue weighted by atomic mass is 32.2. The Balaban J connectivity index is 1.85. The Morgan fingerprint density at radius 3 is 2.37 bits per heavy atom. The Bertz CT molecular complexity index is 788. The Morgan fingerprint density at radius 1 is 1.04 bits per heavy atom. The molecule has 0 heterocycles. The molecule has 0 radical (unpaired) electrons. The number of anilines is 2. The van der Waals surface area contributed by atoms with Crippen LogP contribution in [0.15, 0.2) is 53.4 Å². The number of hydrogen-bond donors (Lipinski definition) is 2. The summed E-state index contributed by atoms with van der Waals surface area (Å²) in [4.78, 5) is 24.4. The lowest BCUT2D eigenvalue weighted by Gasteiger charge is -2.14. The minimum Gasteiger partial charge on any atom is -0.325 e. The molecule has 4 nitrogen and oxygen atoms in total. The van der Waals surface area contributed by atoms with Crippen molar-refractivity contribution < 1.29 is 22.8 Å². The van der Waals surface area contributed by atoms with Gasteiger partial charge in [-0.15, -0.1) is 11.8 Å². The van der Waals surface area contributed by atoms with Gasteiger partial charge in [-0.05, 0) is 43.3 Å². The minimum atomic E-state index is -2.59. The van der Waals surface area contributed by atoms with Crippen LogP contribution in [0.4, 0.5) is 24.5 Å². The molecule has 2 aromatic rings. The highest BCUT2D eigenvalue weighted by molar-refractivity contribution is 8.01. The number of nitrogens with one attached hydrogen (secondary N) is 2. The van der Waals surface area contributed by atoms with E-state index in [1.807, 2.05) is 0 Å². The van der Waals surface area contributed by atoms with Gasteiger partial charge in [-0.25, -0.2) is 4.39 Å². The molecule has 0 saturated heterocycles. The minimum absolute atomic E-state index is 0.0133. The fraction of sp³-hybridized carbons (Fsp3) is 0.222. The van der Waals surface area contributed by atoms with Crippen molar-refractivity contribution in [3.05, 3.63) is 54.3 Å². The van der Waals surface area contributed by atoms with Gasteiger partial charge in [-0.3, -0.25) is 9.59 Å². The van der Waals surface area contributed by atoms with Gasteiger partial charge in [0.05, 0.1) is 16.7 Å². The SMILES string of the molecule is CC(SCC(=O)Nc1ccc(F)cc1)C(=O)Nc1ccccc1SC(F)F. The average molecular weight is 414 g/mol. The number of carbonyl (C=O) groups excluding carboxylic acids is 2. The first-order valence-electron chi connectivity index (χ1n) is 7.87. The van der Waals surface area contributed by atoms with Gasteiger partial charge < -0.3 is 10.6 Å². The molecule has 1 atom stereocenters. The van der Waals surface area contributed by atoms with E-state index in [0.717, 1.165) is 11.8 Å². The van der Waals surface area contributed by atoms with E-state index in [2.05, 4.69) is 10.6 Å². The third-order valence-corrected chi connectivity index (χ3v) is 5.25. The van der Waals surface area contributed by atoms with Crippen LogP contribution in [0, 0.1) is 5.82 Å². The number of rotatable bonds is 8. The van der Waals surface area contributed by atoms with Gasteiger partial charge in [0, 0.05) is 10.6 Å². The summed E-state index contributed by atoms with van der Waals surface area (Å²) in [6.07, 6.45) is 0. The van der Waals surface area contributed by atoms with Crippen molar-refractivity contribution in [2.45, 2.75) is 22.8 Å². The number of carbonyl (C=O) groups is 2. The number of halogens is 3. The molecular formula is C18H17F3N2O2S2. The van der Waals surface area contributed by atoms with Crippen LogP contribution in [-0.4, -0.2) is 28.6 Å². The number of hydrogen-bond acceptors (Lipinski definition) is 4. The van der Waals surface area contributed by atoms with E-state index < -0.39 is 22.7 Å². The van der Waals surface area contributed by atoms with E-state index in [1.54, 1.807) is 25.1 Å². The first-order valence-corrected chi connectivity index (χ1v) is 9.79. The van der Waals surface area contributed by atoms with Crippen LogP contribution in [0.25, 0.3) is 0 Å². The van der Waals surface area contributed by atoms with Crippen LogP contribution in [-0.2, 0) is 9.59 Å². The summed E-state index contributed by atoms with van der Waals surface area (Å²) in [5.74, 6) is -3.71. The van der Waals surface area contributed by atoms with E-state index >= 15 is 0 Å². The molecule has 0 aromatic heterocycles. The molecule has 2 amide bonds. The van der Waals surface area contributed by atoms with Crippen LogP contribution in [0.2, 0.25) is 0 Å². The molecule has 0 saturated carbocycles. The van der Waals surface area contributed by atoms with Crippen molar-refractivity contribution >= 4 is 46.7 Å².